The van der Waals surface area contributed by atoms with Crippen molar-refractivity contribution in [3.63, 3.8) is 0 Å². The molecule has 0 spiro atoms. The number of hydrogen-bond donors (Lipinski definition) is 0. The summed E-state index contributed by atoms with van der Waals surface area (Å²) in [6, 6.07) is 8.15. The van der Waals surface area contributed by atoms with E-state index in [0.29, 0.717) is 5.41 Å². The monoisotopic (exact) mass is 223 g/mol. The van der Waals surface area contributed by atoms with E-state index in [0.717, 1.165) is 17.9 Å². The number of aryl methyl sites for hydroxylation is 1. The normalized spacial score (nSPS) is 11.7. The Bertz CT molecular complexity index is 302. The van der Waals surface area contributed by atoms with Gasteiger partial charge in [-0.25, -0.2) is 0 Å². The Labute approximate surface area is 98.7 Å². The number of halogens is 1. The molecule has 0 unspecified atom stereocenters. The molecule has 1 radical (unpaired) electrons. The third kappa shape index (κ3) is 4.70. The van der Waals surface area contributed by atoms with Crippen LogP contribution in [0.3, 0.4) is 0 Å². The van der Waals surface area contributed by atoms with E-state index < -0.39 is 0 Å². The van der Waals surface area contributed by atoms with Gasteiger partial charge in [0.25, 0.3) is 0 Å². The van der Waals surface area contributed by atoms with Gasteiger partial charge in [-0.3, -0.25) is 0 Å². The van der Waals surface area contributed by atoms with Gasteiger partial charge in [-0.1, -0.05) is 50.9 Å². The van der Waals surface area contributed by atoms with Gasteiger partial charge in [-0.15, -0.1) is 0 Å². The Hall–Kier alpha value is -0.490. The lowest BCUT2D eigenvalue weighted by molar-refractivity contribution is 0.310. The van der Waals surface area contributed by atoms with Crippen molar-refractivity contribution in [3.05, 3.63) is 41.8 Å². The molecule has 1 heteroatoms. The smallest absolute Gasteiger partial charge is 0.0408 e. The minimum absolute atomic E-state index is 0.393. The minimum Gasteiger partial charge on any atom is -0.0843 e. The molecule has 83 valence electrons. The molecule has 0 fully saturated rings. The van der Waals surface area contributed by atoms with Gasteiger partial charge < -0.3 is 0 Å². The maximum absolute atomic E-state index is 5.95. The number of benzene rings is 1. The molecule has 15 heavy (non-hydrogen) atoms. The van der Waals surface area contributed by atoms with E-state index in [1.165, 1.54) is 18.4 Å². The highest BCUT2D eigenvalue weighted by Gasteiger charge is 2.16. The van der Waals surface area contributed by atoms with Gasteiger partial charge in [-0.05, 0) is 42.4 Å². The molecule has 0 bridgehead atoms. The minimum atomic E-state index is 0.393. The second-order valence-corrected chi connectivity index (χ2v) is 5.33. The van der Waals surface area contributed by atoms with Crippen molar-refractivity contribution in [1.29, 1.82) is 0 Å². The van der Waals surface area contributed by atoms with Gasteiger partial charge >= 0.3 is 0 Å². The van der Waals surface area contributed by atoms with Gasteiger partial charge in [0, 0.05) is 5.02 Å². The lowest BCUT2D eigenvalue weighted by atomic mass is 9.82. The summed E-state index contributed by atoms with van der Waals surface area (Å²) in [6.45, 7) is 8.54. The molecule has 0 saturated carbocycles. The summed E-state index contributed by atoms with van der Waals surface area (Å²) >= 11 is 5.95. The first-order chi connectivity index (χ1) is 7.03. The summed E-state index contributed by atoms with van der Waals surface area (Å²) in [5.74, 6) is 0. The summed E-state index contributed by atoms with van der Waals surface area (Å²) in [7, 11) is 0. The van der Waals surface area contributed by atoms with Crippen LogP contribution in [0.25, 0.3) is 0 Å². The Morgan fingerprint density at radius 2 is 2.00 bits per heavy atom. The standard InChI is InChI=1S/C14H20Cl/c1-4-9-14(2,3)10-8-12-6-5-7-13(15)11-12/h5-7,11H,1,4,8-10H2,2-3H3. The maximum atomic E-state index is 5.95. The van der Waals surface area contributed by atoms with Gasteiger partial charge in [0.2, 0.25) is 0 Å². The lowest BCUT2D eigenvalue weighted by Crippen LogP contribution is -2.11. The van der Waals surface area contributed by atoms with Gasteiger partial charge in [0.1, 0.15) is 0 Å². The molecule has 1 aromatic rings. The Kier molecular flexibility index (Phi) is 4.66. The first-order valence-electron chi connectivity index (χ1n) is 5.57. The van der Waals surface area contributed by atoms with Crippen LogP contribution < -0.4 is 0 Å². The van der Waals surface area contributed by atoms with Crippen molar-refractivity contribution in [2.75, 3.05) is 0 Å². The van der Waals surface area contributed by atoms with Gasteiger partial charge in [-0.2, -0.15) is 0 Å². The van der Waals surface area contributed by atoms with Crippen LogP contribution in [0.15, 0.2) is 24.3 Å². The fourth-order valence-corrected chi connectivity index (χ4v) is 1.99. The molecular formula is C14H20Cl. The van der Waals surface area contributed by atoms with Crippen LogP contribution in [0.1, 0.15) is 38.7 Å². The van der Waals surface area contributed by atoms with E-state index in [1.54, 1.807) is 0 Å². The fourth-order valence-electron chi connectivity index (χ4n) is 1.78. The molecule has 0 nitrogen and oxygen atoms in total. The van der Waals surface area contributed by atoms with Crippen molar-refractivity contribution < 1.29 is 0 Å². The highest BCUT2D eigenvalue weighted by molar-refractivity contribution is 6.30. The van der Waals surface area contributed by atoms with E-state index in [-0.39, 0.29) is 0 Å². The van der Waals surface area contributed by atoms with Crippen molar-refractivity contribution in [2.45, 2.75) is 39.5 Å². The summed E-state index contributed by atoms with van der Waals surface area (Å²) in [6.07, 6.45) is 4.51. The molecule has 0 amide bonds. The zero-order valence-electron chi connectivity index (χ0n) is 9.72. The molecule has 1 rings (SSSR count). The molecule has 0 aliphatic heterocycles. The van der Waals surface area contributed by atoms with Gasteiger partial charge in [0.05, 0.1) is 0 Å². The number of rotatable bonds is 5. The summed E-state index contributed by atoms with van der Waals surface area (Å²) in [5, 5.41) is 0.836. The third-order valence-corrected chi connectivity index (χ3v) is 3.07. The van der Waals surface area contributed by atoms with Crippen molar-refractivity contribution in [1.82, 2.24) is 0 Å². The predicted octanol–water partition coefficient (Wildman–Crippen LogP) is 4.91. The topological polar surface area (TPSA) is 0 Å². The van der Waals surface area contributed by atoms with E-state index in [2.05, 4.69) is 32.9 Å². The van der Waals surface area contributed by atoms with Crippen molar-refractivity contribution in [2.24, 2.45) is 5.41 Å². The van der Waals surface area contributed by atoms with Crippen molar-refractivity contribution in [3.8, 4) is 0 Å². The van der Waals surface area contributed by atoms with Crippen LogP contribution in [0.4, 0.5) is 0 Å². The first kappa shape index (κ1) is 12.6. The van der Waals surface area contributed by atoms with Crippen LogP contribution in [-0.4, -0.2) is 0 Å². The summed E-state index contributed by atoms with van der Waals surface area (Å²) < 4.78 is 0. The van der Waals surface area contributed by atoms with Crippen LogP contribution in [0.2, 0.25) is 5.02 Å². The summed E-state index contributed by atoms with van der Waals surface area (Å²) in [5.41, 5.74) is 1.73. The number of hydrogen-bond acceptors (Lipinski definition) is 0. The zero-order chi connectivity index (χ0) is 11.3. The summed E-state index contributed by atoms with van der Waals surface area (Å²) in [4.78, 5) is 0. The molecule has 0 aliphatic rings. The first-order valence-corrected chi connectivity index (χ1v) is 5.95. The molecule has 0 aromatic heterocycles. The molecule has 0 atom stereocenters. The van der Waals surface area contributed by atoms with Crippen molar-refractivity contribution >= 4 is 11.6 Å². The molecule has 0 N–H and O–H groups in total. The Balaban J connectivity index is 2.49. The third-order valence-electron chi connectivity index (χ3n) is 2.83. The fraction of sp³-hybridized carbons (Fsp3) is 0.500. The second kappa shape index (κ2) is 5.55. The van der Waals surface area contributed by atoms with Crippen LogP contribution in [-0.2, 0) is 6.42 Å². The van der Waals surface area contributed by atoms with Crippen LogP contribution in [0.5, 0.6) is 0 Å². The predicted molar refractivity (Wildman–Crippen MR) is 68.1 cm³/mol. The van der Waals surface area contributed by atoms with E-state index in [1.807, 2.05) is 12.1 Å². The molecule has 0 heterocycles. The van der Waals surface area contributed by atoms with Crippen LogP contribution in [0, 0.1) is 12.3 Å². The molecule has 0 saturated heterocycles. The molecule has 1 aromatic carbocycles. The lowest BCUT2D eigenvalue weighted by Gasteiger charge is -2.23. The van der Waals surface area contributed by atoms with Gasteiger partial charge in [0.15, 0.2) is 0 Å². The zero-order valence-corrected chi connectivity index (χ0v) is 10.5. The average Bonchev–Trinajstić information content (AvgIpc) is 2.15. The second-order valence-electron chi connectivity index (χ2n) is 4.90. The molecular weight excluding hydrogens is 204 g/mol. The highest BCUT2D eigenvalue weighted by Crippen LogP contribution is 2.28. The quantitative estimate of drug-likeness (QED) is 0.665. The SMILES string of the molecule is [CH2]CCC(C)(C)CCc1cccc(Cl)c1. The molecule has 0 aliphatic carbocycles. The van der Waals surface area contributed by atoms with Crippen LogP contribution >= 0.6 is 11.6 Å². The van der Waals surface area contributed by atoms with E-state index in [4.69, 9.17) is 11.6 Å². The maximum Gasteiger partial charge on any atom is 0.0408 e. The average molecular weight is 224 g/mol. The Morgan fingerprint density at radius 3 is 2.60 bits per heavy atom. The highest BCUT2D eigenvalue weighted by atomic mass is 35.5. The van der Waals surface area contributed by atoms with E-state index in [9.17, 15) is 0 Å². The largest absolute Gasteiger partial charge is 0.0843 e. The Morgan fingerprint density at radius 1 is 1.27 bits per heavy atom. The van der Waals surface area contributed by atoms with E-state index >= 15 is 0 Å².